The van der Waals surface area contributed by atoms with Crippen LogP contribution in [0.4, 0.5) is 0 Å². The van der Waals surface area contributed by atoms with Crippen LogP contribution >= 0.6 is 0 Å². The smallest absolute Gasteiger partial charge is 0.0613 e. The number of hydrogen-bond donors (Lipinski definition) is 6. The van der Waals surface area contributed by atoms with Gasteiger partial charge in [-0.2, -0.15) is 0 Å². The van der Waals surface area contributed by atoms with Crippen molar-refractivity contribution in [2.75, 3.05) is 0 Å². The zero-order chi connectivity index (χ0) is 41.8. The molecule has 6 N–H and O–H groups in total. The second kappa shape index (κ2) is 18.8. The first kappa shape index (κ1) is 40.0. The molecule has 0 aliphatic heterocycles. The molecular weight excluding hydrogens is 733 g/mol. The third kappa shape index (κ3) is 9.65. The van der Waals surface area contributed by atoms with Gasteiger partial charge in [0.15, 0.2) is 0 Å². The van der Waals surface area contributed by atoms with E-state index in [1.54, 1.807) is 36.5 Å². The Morgan fingerprint density at radius 1 is 0.250 bits per heavy atom. The zero-order valence-corrected chi connectivity index (χ0v) is 32.8. The molecule has 0 heterocycles. The maximum atomic E-state index is 9.01. The standard InChI is InChI=1S/C54H42N6/c55-48(37-14-4-1-5-15-37)28-31-51(58)42-22-10-20-40(34-42)46-26-13-27-47(41-21-11-23-43(35-41)52(59)32-29-49(56)38-16-6-2-7-17-38)54(46)45-25-12-24-44(36-45)53(60)33-30-50(57)39-18-8-3-9-19-39/h1-36,55-60H/b31-28-,32-29-,33-30-,55-48?,56-49?,57-50?,58-51?,59-52?,60-53?. The van der Waals surface area contributed by atoms with Crippen molar-refractivity contribution in [3.05, 3.63) is 252 Å². The van der Waals surface area contributed by atoms with Gasteiger partial charge in [0.1, 0.15) is 0 Å². The van der Waals surface area contributed by atoms with Crippen LogP contribution in [0.3, 0.4) is 0 Å². The van der Waals surface area contributed by atoms with Crippen molar-refractivity contribution < 1.29 is 0 Å². The summed E-state index contributed by atoms with van der Waals surface area (Å²) in [6.07, 6.45) is 9.91. The van der Waals surface area contributed by atoms with E-state index in [1.807, 2.05) is 170 Å². The predicted octanol–water partition coefficient (Wildman–Crippen LogP) is 12.7. The summed E-state index contributed by atoms with van der Waals surface area (Å²) in [7, 11) is 0. The quantitative estimate of drug-likeness (QED) is 0.0552. The van der Waals surface area contributed by atoms with E-state index >= 15 is 0 Å². The average Bonchev–Trinajstić information content (AvgIpc) is 3.32. The molecule has 0 saturated heterocycles. The van der Waals surface area contributed by atoms with E-state index in [0.717, 1.165) is 50.1 Å². The molecule has 288 valence electrons. The van der Waals surface area contributed by atoms with Crippen LogP contribution in [0.25, 0.3) is 33.4 Å². The summed E-state index contributed by atoms with van der Waals surface area (Å²) in [6, 6.07) is 58.0. The third-order valence-electron chi connectivity index (χ3n) is 10.0. The van der Waals surface area contributed by atoms with Gasteiger partial charge in [-0.15, -0.1) is 0 Å². The van der Waals surface area contributed by atoms with E-state index in [2.05, 4.69) is 12.1 Å². The van der Waals surface area contributed by atoms with Crippen molar-refractivity contribution in [1.29, 1.82) is 32.5 Å². The molecule has 0 unspecified atom stereocenters. The normalized spacial score (nSPS) is 11.2. The minimum absolute atomic E-state index is 0.267. The number of benzene rings is 7. The molecule has 0 spiro atoms. The molecule has 0 fully saturated rings. The van der Waals surface area contributed by atoms with Gasteiger partial charge in [-0.25, -0.2) is 0 Å². The Morgan fingerprint density at radius 3 is 0.833 bits per heavy atom. The summed E-state index contributed by atoms with van der Waals surface area (Å²) in [5, 5.41) is 52.4. The third-order valence-corrected chi connectivity index (χ3v) is 10.0. The minimum atomic E-state index is 0.267. The lowest BCUT2D eigenvalue weighted by atomic mass is 9.86. The molecule has 6 nitrogen and oxygen atoms in total. The summed E-state index contributed by atoms with van der Waals surface area (Å²) in [5.74, 6) is 0. The van der Waals surface area contributed by atoms with Gasteiger partial charge in [0.25, 0.3) is 0 Å². The molecule has 0 aliphatic carbocycles. The molecule has 0 amide bonds. The van der Waals surface area contributed by atoms with Gasteiger partial charge in [0.05, 0.1) is 34.3 Å². The van der Waals surface area contributed by atoms with Crippen LogP contribution in [0.1, 0.15) is 33.4 Å². The Hall–Kier alpha value is -8.22. The van der Waals surface area contributed by atoms with Crippen LogP contribution < -0.4 is 0 Å². The zero-order valence-electron chi connectivity index (χ0n) is 32.8. The topological polar surface area (TPSA) is 143 Å². The first-order valence-corrected chi connectivity index (χ1v) is 19.4. The highest BCUT2D eigenvalue weighted by Gasteiger charge is 2.17. The summed E-state index contributed by atoms with van der Waals surface area (Å²) in [6.45, 7) is 0. The molecule has 7 aromatic rings. The number of allylic oxidation sites excluding steroid dienone is 6. The van der Waals surface area contributed by atoms with Gasteiger partial charge in [-0.1, -0.05) is 164 Å². The van der Waals surface area contributed by atoms with Crippen LogP contribution in [0.15, 0.2) is 218 Å². The highest BCUT2D eigenvalue weighted by atomic mass is 14.4. The minimum Gasteiger partial charge on any atom is -0.300 e. The second-order valence-corrected chi connectivity index (χ2v) is 14.1. The van der Waals surface area contributed by atoms with E-state index in [9.17, 15) is 0 Å². The molecule has 0 atom stereocenters. The molecule has 7 aromatic carbocycles. The number of nitrogens with one attached hydrogen (secondary N) is 6. The van der Waals surface area contributed by atoms with E-state index in [-0.39, 0.29) is 17.1 Å². The lowest BCUT2D eigenvalue weighted by molar-refractivity contribution is 1.47. The molecule has 0 bridgehead atoms. The summed E-state index contributed by atoms with van der Waals surface area (Å²) in [5.41, 5.74) is 11.6. The van der Waals surface area contributed by atoms with Gasteiger partial charge in [-0.05, 0) is 121 Å². The van der Waals surface area contributed by atoms with Crippen LogP contribution in [-0.2, 0) is 0 Å². The Morgan fingerprint density at radius 2 is 0.500 bits per heavy atom. The summed E-state index contributed by atoms with van der Waals surface area (Å²) in [4.78, 5) is 0. The van der Waals surface area contributed by atoms with Crippen molar-refractivity contribution in [2.24, 2.45) is 0 Å². The average molecular weight is 775 g/mol. The first-order chi connectivity index (χ1) is 29.2. The monoisotopic (exact) mass is 774 g/mol. The molecule has 60 heavy (non-hydrogen) atoms. The lowest BCUT2D eigenvalue weighted by Crippen LogP contribution is -2.00. The molecule has 0 radical (unpaired) electrons. The fourth-order valence-electron chi connectivity index (χ4n) is 6.83. The predicted molar refractivity (Wildman–Crippen MR) is 250 cm³/mol. The van der Waals surface area contributed by atoms with Crippen molar-refractivity contribution in [3.63, 3.8) is 0 Å². The maximum absolute atomic E-state index is 9.01. The SMILES string of the molecule is N=C(/C=C\C(=N)c1cccc(-c2cccc(-c3cccc(C(=N)/C=C\C(=N)c4ccccc4)c3)c2-c2cccc(C(=N)/C=C\C(=N)c3ccccc3)c2)c1)c1ccccc1. The maximum Gasteiger partial charge on any atom is 0.0613 e. The fourth-order valence-corrected chi connectivity index (χ4v) is 6.83. The Kier molecular flexibility index (Phi) is 12.5. The van der Waals surface area contributed by atoms with E-state index < -0.39 is 0 Å². The Labute approximate surface area is 350 Å². The fraction of sp³-hybridized carbons (Fsp3) is 0. The van der Waals surface area contributed by atoms with Crippen LogP contribution in [-0.4, -0.2) is 34.3 Å². The van der Waals surface area contributed by atoms with Crippen LogP contribution in [0.2, 0.25) is 0 Å². The van der Waals surface area contributed by atoms with Crippen molar-refractivity contribution >= 4 is 34.3 Å². The number of rotatable bonds is 15. The number of hydrogen-bond acceptors (Lipinski definition) is 6. The Bertz CT molecular complexity index is 2710. The molecular formula is C54H42N6. The van der Waals surface area contributed by atoms with Gasteiger partial charge in [-0.3, -0.25) is 0 Å². The van der Waals surface area contributed by atoms with Crippen molar-refractivity contribution in [1.82, 2.24) is 0 Å². The second-order valence-electron chi connectivity index (χ2n) is 14.1. The molecule has 0 saturated carbocycles. The van der Waals surface area contributed by atoms with Gasteiger partial charge in [0.2, 0.25) is 0 Å². The van der Waals surface area contributed by atoms with Crippen molar-refractivity contribution in [2.45, 2.75) is 0 Å². The molecule has 6 heteroatoms. The van der Waals surface area contributed by atoms with Gasteiger partial charge in [0, 0.05) is 0 Å². The van der Waals surface area contributed by atoms with Gasteiger partial charge >= 0.3 is 0 Å². The first-order valence-electron chi connectivity index (χ1n) is 19.4. The van der Waals surface area contributed by atoms with E-state index in [4.69, 9.17) is 32.5 Å². The van der Waals surface area contributed by atoms with E-state index in [1.165, 1.54) is 0 Å². The van der Waals surface area contributed by atoms with Crippen LogP contribution in [0.5, 0.6) is 0 Å². The summed E-state index contributed by atoms with van der Waals surface area (Å²) >= 11 is 0. The van der Waals surface area contributed by atoms with Crippen molar-refractivity contribution in [3.8, 4) is 33.4 Å². The highest BCUT2D eigenvalue weighted by molar-refractivity contribution is 6.16. The molecule has 0 aromatic heterocycles. The lowest BCUT2D eigenvalue weighted by Gasteiger charge is -2.18. The van der Waals surface area contributed by atoms with E-state index in [0.29, 0.717) is 33.8 Å². The highest BCUT2D eigenvalue weighted by Crippen LogP contribution is 2.41. The molecule has 0 aliphatic rings. The summed E-state index contributed by atoms with van der Waals surface area (Å²) < 4.78 is 0. The van der Waals surface area contributed by atoms with Crippen LogP contribution in [0, 0.1) is 32.5 Å². The molecule has 7 rings (SSSR count). The Balaban J connectivity index is 1.27. The van der Waals surface area contributed by atoms with Gasteiger partial charge < -0.3 is 32.5 Å². The largest absolute Gasteiger partial charge is 0.300 e.